The molecule has 0 amide bonds. The number of carboxylic acids is 1. The summed E-state index contributed by atoms with van der Waals surface area (Å²) < 4.78 is 16.1. The molecule has 0 spiro atoms. The van der Waals surface area contributed by atoms with Crippen molar-refractivity contribution in [2.75, 3.05) is 5.32 Å². The van der Waals surface area contributed by atoms with Gasteiger partial charge in [-0.05, 0) is 30.7 Å². The number of aromatic carboxylic acids is 1. The lowest BCUT2D eigenvalue weighted by Gasteiger charge is -2.12. The van der Waals surface area contributed by atoms with Crippen LogP contribution in [0.1, 0.15) is 21.5 Å². The number of hydrogen-bond acceptors (Lipinski definition) is 4. The van der Waals surface area contributed by atoms with E-state index in [2.05, 4.69) is 26.3 Å². The van der Waals surface area contributed by atoms with E-state index in [9.17, 15) is 19.6 Å². The number of aromatic nitrogens is 2. The molecule has 1 aromatic carbocycles. The first-order chi connectivity index (χ1) is 11.4. The van der Waals surface area contributed by atoms with Crippen molar-refractivity contribution in [3.8, 4) is 6.07 Å². The molecule has 2 heterocycles. The van der Waals surface area contributed by atoms with Gasteiger partial charge in [0.05, 0.1) is 34.2 Å². The molecular formula is C16H10BrFN4O2. The smallest absolute Gasteiger partial charge is 0.337 e. The highest BCUT2D eigenvalue weighted by Gasteiger charge is 2.19. The van der Waals surface area contributed by atoms with Crippen LogP contribution >= 0.6 is 15.9 Å². The summed E-state index contributed by atoms with van der Waals surface area (Å²) in [6.07, 6.45) is 2.66. The number of carboxylic acid groups (broad SMARTS) is 1. The first kappa shape index (κ1) is 16.0. The van der Waals surface area contributed by atoms with Gasteiger partial charge < -0.3 is 10.4 Å². The average molecular weight is 389 g/mol. The number of fused-ring (bicyclic) bond motifs is 1. The lowest BCUT2D eigenvalue weighted by Crippen LogP contribution is -2.02. The number of carbonyl (C=O) groups is 1. The summed E-state index contributed by atoms with van der Waals surface area (Å²) in [5.41, 5.74) is 1.57. The number of halogens is 2. The van der Waals surface area contributed by atoms with Gasteiger partial charge in [0.15, 0.2) is 0 Å². The van der Waals surface area contributed by atoms with Crippen molar-refractivity contribution in [3.05, 3.63) is 57.6 Å². The van der Waals surface area contributed by atoms with Gasteiger partial charge in [0.2, 0.25) is 0 Å². The van der Waals surface area contributed by atoms with Crippen LogP contribution in [-0.2, 0) is 0 Å². The maximum absolute atomic E-state index is 14.1. The molecule has 0 unspecified atom stereocenters. The molecule has 8 heteroatoms. The summed E-state index contributed by atoms with van der Waals surface area (Å²) in [7, 11) is 0. The summed E-state index contributed by atoms with van der Waals surface area (Å²) in [5.74, 6) is -1.61. The van der Waals surface area contributed by atoms with Crippen molar-refractivity contribution in [1.29, 1.82) is 5.26 Å². The summed E-state index contributed by atoms with van der Waals surface area (Å²) >= 11 is 3.18. The minimum Gasteiger partial charge on any atom is -0.478 e. The molecule has 0 atom stereocenters. The monoisotopic (exact) mass is 388 g/mol. The highest BCUT2D eigenvalue weighted by Crippen LogP contribution is 2.31. The van der Waals surface area contributed by atoms with Crippen molar-refractivity contribution in [1.82, 2.24) is 9.61 Å². The number of aryl methyl sites for hydroxylation is 1. The number of anilines is 2. The van der Waals surface area contributed by atoms with Crippen molar-refractivity contribution >= 4 is 38.8 Å². The number of benzene rings is 1. The second-order valence-electron chi connectivity index (χ2n) is 5.06. The van der Waals surface area contributed by atoms with Gasteiger partial charge >= 0.3 is 5.97 Å². The van der Waals surface area contributed by atoms with Crippen LogP contribution in [0, 0.1) is 24.1 Å². The second-order valence-corrected chi connectivity index (χ2v) is 5.98. The van der Waals surface area contributed by atoms with Crippen LogP contribution in [0.2, 0.25) is 0 Å². The minimum atomic E-state index is -1.10. The Hall–Kier alpha value is -2.92. The standard InChI is InChI=1S/C16H10BrFN4O2/c1-8-11(16(23)24)7-22-15(8)14(9(5-19)6-20-22)21-13-3-2-10(17)4-12(13)18/h2-4,6-7,21H,1H3,(H,23,24). The molecular weight excluding hydrogens is 379 g/mol. The third kappa shape index (κ3) is 2.59. The number of nitrogens with zero attached hydrogens (tertiary/aromatic N) is 3. The molecule has 3 rings (SSSR count). The van der Waals surface area contributed by atoms with E-state index in [1.165, 1.54) is 29.0 Å². The van der Waals surface area contributed by atoms with E-state index in [1.54, 1.807) is 13.0 Å². The van der Waals surface area contributed by atoms with Gasteiger partial charge in [-0.1, -0.05) is 15.9 Å². The van der Waals surface area contributed by atoms with Gasteiger partial charge in [0, 0.05) is 10.7 Å². The Morgan fingerprint density at radius 2 is 2.25 bits per heavy atom. The summed E-state index contributed by atoms with van der Waals surface area (Å²) in [6.45, 7) is 1.62. The van der Waals surface area contributed by atoms with E-state index in [1.807, 2.05) is 6.07 Å². The number of rotatable bonds is 3. The highest BCUT2D eigenvalue weighted by atomic mass is 79.9. The van der Waals surface area contributed by atoms with Crippen molar-refractivity contribution < 1.29 is 14.3 Å². The van der Waals surface area contributed by atoms with Crippen LogP contribution < -0.4 is 5.32 Å². The van der Waals surface area contributed by atoms with Gasteiger partial charge in [-0.3, -0.25) is 0 Å². The van der Waals surface area contributed by atoms with Gasteiger partial charge in [-0.15, -0.1) is 0 Å². The molecule has 0 fully saturated rings. The Labute approximate surface area is 144 Å². The molecule has 0 radical (unpaired) electrons. The molecule has 0 aliphatic carbocycles. The summed E-state index contributed by atoms with van der Waals surface area (Å²) in [4.78, 5) is 11.3. The van der Waals surface area contributed by atoms with E-state index in [-0.39, 0.29) is 16.8 Å². The van der Waals surface area contributed by atoms with Gasteiger partial charge in [0.25, 0.3) is 0 Å². The molecule has 6 nitrogen and oxygen atoms in total. The van der Waals surface area contributed by atoms with Crippen molar-refractivity contribution in [2.45, 2.75) is 6.92 Å². The third-order valence-corrected chi connectivity index (χ3v) is 4.09. The number of nitrogens with one attached hydrogen (secondary N) is 1. The Morgan fingerprint density at radius 1 is 1.50 bits per heavy atom. The average Bonchev–Trinajstić information content (AvgIpc) is 2.88. The second kappa shape index (κ2) is 5.94. The van der Waals surface area contributed by atoms with Crippen molar-refractivity contribution in [2.24, 2.45) is 0 Å². The maximum atomic E-state index is 14.1. The molecule has 24 heavy (non-hydrogen) atoms. The fourth-order valence-corrected chi connectivity index (χ4v) is 2.77. The van der Waals surface area contributed by atoms with Crippen molar-refractivity contribution in [3.63, 3.8) is 0 Å². The molecule has 120 valence electrons. The van der Waals surface area contributed by atoms with Crippen LogP contribution in [-0.4, -0.2) is 20.7 Å². The first-order valence-electron chi connectivity index (χ1n) is 6.78. The minimum absolute atomic E-state index is 0.0666. The molecule has 2 N–H and O–H groups in total. The van der Waals surface area contributed by atoms with Crippen LogP contribution in [0.3, 0.4) is 0 Å². The third-order valence-electron chi connectivity index (χ3n) is 3.60. The van der Waals surface area contributed by atoms with Crippen LogP contribution in [0.4, 0.5) is 15.8 Å². The fourth-order valence-electron chi connectivity index (χ4n) is 2.44. The van der Waals surface area contributed by atoms with E-state index in [0.717, 1.165) is 0 Å². The number of hydrogen-bond donors (Lipinski definition) is 2. The predicted molar refractivity (Wildman–Crippen MR) is 89.0 cm³/mol. The highest BCUT2D eigenvalue weighted by molar-refractivity contribution is 9.10. The molecule has 3 aromatic rings. The van der Waals surface area contributed by atoms with Gasteiger partial charge in [0.1, 0.15) is 11.9 Å². The van der Waals surface area contributed by atoms with Crippen LogP contribution in [0.15, 0.2) is 35.1 Å². The largest absolute Gasteiger partial charge is 0.478 e. The van der Waals surface area contributed by atoms with Gasteiger partial charge in [-0.2, -0.15) is 10.4 Å². The number of nitriles is 1. The Bertz CT molecular complexity index is 1020. The lowest BCUT2D eigenvalue weighted by atomic mass is 10.1. The quantitative estimate of drug-likeness (QED) is 0.710. The van der Waals surface area contributed by atoms with E-state index in [4.69, 9.17) is 0 Å². The molecule has 0 saturated carbocycles. The van der Waals surface area contributed by atoms with E-state index in [0.29, 0.717) is 21.2 Å². The zero-order valence-electron chi connectivity index (χ0n) is 12.3. The summed E-state index contributed by atoms with van der Waals surface area (Å²) in [6, 6.07) is 6.46. The van der Waals surface area contributed by atoms with Crippen LogP contribution in [0.25, 0.3) is 5.52 Å². The topological polar surface area (TPSA) is 90.4 Å². The fraction of sp³-hybridized carbons (Fsp3) is 0.0625. The maximum Gasteiger partial charge on any atom is 0.337 e. The molecule has 0 aliphatic heterocycles. The zero-order chi connectivity index (χ0) is 17.4. The molecule has 2 aromatic heterocycles. The SMILES string of the molecule is Cc1c(C(=O)O)cn2ncc(C#N)c(Nc3ccc(Br)cc3F)c12. The van der Waals surface area contributed by atoms with Crippen LogP contribution in [0.5, 0.6) is 0 Å². The molecule has 0 aliphatic rings. The molecule has 0 bridgehead atoms. The van der Waals surface area contributed by atoms with Gasteiger partial charge in [-0.25, -0.2) is 13.7 Å². The Morgan fingerprint density at radius 3 is 2.88 bits per heavy atom. The normalized spacial score (nSPS) is 10.6. The summed E-state index contributed by atoms with van der Waals surface area (Å²) in [5, 5.41) is 25.5. The Kier molecular flexibility index (Phi) is 3.95. The van der Waals surface area contributed by atoms with E-state index < -0.39 is 11.8 Å². The first-order valence-corrected chi connectivity index (χ1v) is 7.58. The van der Waals surface area contributed by atoms with E-state index >= 15 is 0 Å². The Balaban J connectivity index is 2.25. The lowest BCUT2D eigenvalue weighted by molar-refractivity contribution is 0.0696. The molecule has 0 saturated heterocycles. The zero-order valence-corrected chi connectivity index (χ0v) is 13.9. The predicted octanol–water partition coefficient (Wildman–Crippen LogP) is 3.86.